The van der Waals surface area contributed by atoms with Gasteiger partial charge < -0.3 is 4.74 Å². The Morgan fingerprint density at radius 3 is 2.57 bits per heavy atom. The average molecular weight is 277 g/mol. The number of carbonyl (C=O) groups is 1. The highest BCUT2D eigenvalue weighted by molar-refractivity contribution is 6.10. The number of nitrogens with zero attached hydrogens (tertiary/aromatic N) is 1. The van der Waals surface area contributed by atoms with Gasteiger partial charge in [-0.05, 0) is 42.8 Å². The van der Waals surface area contributed by atoms with Crippen molar-refractivity contribution < 1.29 is 9.53 Å². The number of ether oxygens (including phenoxy) is 1. The second-order valence-corrected chi connectivity index (χ2v) is 4.92. The molecular weight excluding hydrogens is 262 g/mol. The lowest BCUT2D eigenvalue weighted by atomic mass is 10.00. The number of methoxy groups -OCH3 is 1. The Hall–Kier alpha value is -2.68. The molecule has 2 aromatic carbocycles. The average Bonchev–Trinajstić information content (AvgIpc) is 2.53. The van der Waals surface area contributed by atoms with E-state index in [2.05, 4.69) is 4.98 Å². The minimum absolute atomic E-state index is 0.00620. The van der Waals surface area contributed by atoms with Crippen LogP contribution in [0, 0.1) is 6.92 Å². The van der Waals surface area contributed by atoms with Crippen LogP contribution < -0.4 is 4.74 Å². The van der Waals surface area contributed by atoms with Crippen LogP contribution in [0.1, 0.15) is 21.5 Å². The predicted molar refractivity (Wildman–Crippen MR) is 82.9 cm³/mol. The van der Waals surface area contributed by atoms with Crippen molar-refractivity contribution in [1.29, 1.82) is 0 Å². The molecule has 0 saturated carbocycles. The summed E-state index contributed by atoms with van der Waals surface area (Å²) in [5.74, 6) is 0.778. The summed E-state index contributed by atoms with van der Waals surface area (Å²) in [6.07, 6.45) is 1.73. The number of hydrogen-bond donors (Lipinski definition) is 0. The van der Waals surface area contributed by atoms with E-state index in [-0.39, 0.29) is 5.78 Å². The first-order chi connectivity index (χ1) is 10.2. The number of benzene rings is 2. The molecule has 3 aromatic rings. The smallest absolute Gasteiger partial charge is 0.193 e. The first kappa shape index (κ1) is 13.3. The highest BCUT2D eigenvalue weighted by atomic mass is 16.5. The van der Waals surface area contributed by atoms with E-state index < -0.39 is 0 Å². The zero-order chi connectivity index (χ0) is 14.8. The Bertz CT molecular complexity index is 824. The summed E-state index contributed by atoms with van der Waals surface area (Å²) in [6, 6.07) is 14.9. The normalized spacial score (nSPS) is 10.6. The molecule has 3 heteroatoms. The predicted octanol–water partition coefficient (Wildman–Crippen LogP) is 3.78. The number of pyridine rings is 1. The maximum absolute atomic E-state index is 12.6. The molecule has 1 aromatic heterocycles. The molecule has 0 amide bonds. The van der Waals surface area contributed by atoms with E-state index in [1.165, 1.54) is 0 Å². The first-order valence-electron chi connectivity index (χ1n) is 6.73. The molecule has 104 valence electrons. The molecule has 0 fully saturated rings. The van der Waals surface area contributed by atoms with Gasteiger partial charge in [0.2, 0.25) is 0 Å². The van der Waals surface area contributed by atoms with Crippen LogP contribution in [-0.4, -0.2) is 17.9 Å². The van der Waals surface area contributed by atoms with Crippen molar-refractivity contribution in [2.75, 3.05) is 7.11 Å². The van der Waals surface area contributed by atoms with Crippen LogP contribution in [0.15, 0.2) is 54.7 Å². The summed E-state index contributed by atoms with van der Waals surface area (Å²) in [4.78, 5) is 16.9. The summed E-state index contributed by atoms with van der Waals surface area (Å²) < 4.78 is 5.22. The minimum Gasteiger partial charge on any atom is -0.496 e. The number of aryl methyl sites for hydroxylation is 1. The molecule has 0 bridgehead atoms. The Kier molecular flexibility index (Phi) is 3.40. The highest BCUT2D eigenvalue weighted by Crippen LogP contribution is 2.21. The maximum atomic E-state index is 12.6. The summed E-state index contributed by atoms with van der Waals surface area (Å²) in [6.45, 7) is 1.93. The van der Waals surface area contributed by atoms with Gasteiger partial charge in [0.05, 0.1) is 12.6 Å². The standard InChI is InChI=1S/C18H15NO2/c1-12-10-14(7-8-17(12)21-2)18(20)15-6-5-13-4-3-9-19-16(13)11-15/h3-11H,1-2H3. The van der Waals surface area contributed by atoms with Gasteiger partial charge in [-0.2, -0.15) is 0 Å². The van der Waals surface area contributed by atoms with Crippen LogP contribution >= 0.6 is 0 Å². The van der Waals surface area contributed by atoms with Crippen molar-refractivity contribution in [1.82, 2.24) is 4.98 Å². The SMILES string of the molecule is COc1ccc(C(=O)c2ccc3cccnc3c2)cc1C. The fourth-order valence-corrected chi connectivity index (χ4v) is 2.39. The van der Waals surface area contributed by atoms with Crippen LogP contribution in [-0.2, 0) is 0 Å². The molecule has 3 nitrogen and oxygen atoms in total. The van der Waals surface area contributed by atoms with Crippen LogP contribution in [0.5, 0.6) is 5.75 Å². The van der Waals surface area contributed by atoms with Gasteiger partial charge >= 0.3 is 0 Å². The molecule has 0 unspecified atom stereocenters. The lowest BCUT2D eigenvalue weighted by molar-refractivity contribution is 0.103. The lowest BCUT2D eigenvalue weighted by Crippen LogP contribution is -2.02. The van der Waals surface area contributed by atoms with Crippen molar-refractivity contribution in [3.63, 3.8) is 0 Å². The first-order valence-corrected chi connectivity index (χ1v) is 6.73. The Morgan fingerprint density at radius 2 is 1.81 bits per heavy atom. The highest BCUT2D eigenvalue weighted by Gasteiger charge is 2.11. The quantitative estimate of drug-likeness (QED) is 0.684. The molecule has 0 aliphatic heterocycles. The molecule has 0 aliphatic rings. The summed E-state index contributed by atoms with van der Waals surface area (Å²) in [7, 11) is 1.62. The molecule has 1 heterocycles. The van der Waals surface area contributed by atoms with Gasteiger partial charge in [0.25, 0.3) is 0 Å². The van der Waals surface area contributed by atoms with Gasteiger partial charge in [-0.1, -0.05) is 18.2 Å². The fraction of sp³-hybridized carbons (Fsp3) is 0.111. The second kappa shape index (κ2) is 5.37. The number of ketones is 1. The Balaban J connectivity index is 2.01. The molecule has 0 N–H and O–H groups in total. The van der Waals surface area contributed by atoms with Crippen molar-refractivity contribution in [2.24, 2.45) is 0 Å². The van der Waals surface area contributed by atoms with Crippen LogP contribution in [0.3, 0.4) is 0 Å². The van der Waals surface area contributed by atoms with Gasteiger partial charge in [-0.3, -0.25) is 9.78 Å². The Labute approximate surface area is 123 Å². The number of aromatic nitrogens is 1. The number of hydrogen-bond acceptors (Lipinski definition) is 3. The summed E-state index contributed by atoms with van der Waals surface area (Å²) in [5.41, 5.74) is 3.07. The summed E-state index contributed by atoms with van der Waals surface area (Å²) >= 11 is 0. The zero-order valence-electron chi connectivity index (χ0n) is 12.0. The van der Waals surface area contributed by atoms with E-state index in [0.29, 0.717) is 11.1 Å². The van der Waals surface area contributed by atoms with Crippen LogP contribution in [0.4, 0.5) is 0 Å². The molecule has 3 rings (SSSR count). The molecule has 21 heavy (non-hydrogen) atoms. The molecule has 0 saturated heterocycles. The van der Waals surface area contributed by atoms with Crippen LogP contribution in [0.2, 0.25) is 0 Å². The topological polar surface area (TPSA) is 39.2 Å². The van der Waals surface area contributed by atoms with E-state index in [9.17, 15) is 4.79 Å². The third kappa shape index (κ3) is 2.50. The lowest BCUT2D eigenvalue weighted by Gasteiger charge is -2.07. The summed E-state index contributed by atoms with van der Waals surface area (Å²) in [5, 5.41) is 1.03. The van der Waals surface area contributed by atoms with E-state index in [1.54, 1.807) is 19.4 Å². The van der Waals surface area contributed by atoms with Gasteiger partial charge in [0, 0.05) is 22.7 Å². The monoisotopic (exact) mass is 277 g/mol. The van der Waals surface area contributed by atoms with Crippen molar-refractivity contribution in [3.05, 3.63) is 71.4 Å². The van der Waals surface area contributed by atoms with Crippen molar-refractivity contribution >= 4 is 16.7 Å². The van der Waals surface area contributed by atoms with Crippen molar-refractivity contribution in [2.45, 2.75) is 6.92 Å². The third-order valence-corrected chi connectivity index (χ3v) is 3.53. The number of fused-ring (bicyclic) bond motifs is 1. The largest absolute Gasteiger partial charge is 0.496 e. The van der Waals surface area contributed by atoms with Crippen molar-refractivity contribution in [3.8, 4) is 5.75 Å². The second-order valence-electron chi connectivity index (χ2n) is 4.92. The maximum Gasteiger partial charge on any atom is 0.193 e. The Morgan fingerprint density at radius 1 is 1.05 bits per heavy atom. The fourth-order valence-electron chi connectivity index (χ4n) is 2.39. The zero-order valence-corrected chi connectivity index (χ0v) is 12.0. The number of carbonyl (C=O) groups excluding carboxylic acids is 1. The van der Waals surface area contributed by atoms with E-state index >= 15 is 0 Å². The molecule has 0 radical (unpaired) electrons. The van der Waals surface area contributed by atoms with Crippen LogP contribution in [0.25, 0.3) is 10.9 Å². The van der Waals surface area contributed by atoms with Gasteiger partial charge in [0.1, 0.15) is 5.75 Å². The van der Waals surface area contributed by atoms with E-state index in [4.69, 9.17) is 4.74 Å². The van der Waals surface area contributed by atoms with Gasteiger partial charge in [-0.25, -0.2) is 0 Å². The molecular formula is C18H15NO2. The van der Waals surface area contributed by atoms with Gasteiger partial charge in [-0.15, -0.1) is 0 Å². The molecule has 0 spiro atoms. The minimum atomic E-state index is -0.00620. The van der Waals surface area contributed by atoms with E-state index in [1.807, 2.05) is 49.4 Å². The third-order valence-electron chi connectivity index (χ3n) is 3.53. The van der Waals surface area contributed by atoms with Gasteiger partial charge in [0.15, 0.2) is 5.78 Å². The molecule has 0 atom stereocenters. The molecule has 0 aliphatic carbocycles. The number of rotatable bonds is 3. The van der Waals surface area contributed by atoms with E-state index in [0.717, 1.165) is 22.2 Å².